The van der Waals surface area contributed by atoms with Crippen LogP contribution in [0, 0.1) is 0 Å². The van der Waals surface area contributed by atoms with Gasteiger partial charge in [0.25, 0.3) is 0 Å². The molecular weight excluding hydrogens is 438 g/mol. The number of hydrogen-bond donors (Lipinski definition) is 2. The molecule has 0 radical (unpaired) electrons. The van der Waals surface area contributed by atoms with E-state index in [4.69, 9.17) is 4.42 Å². The van der Waals surface area contributed by atoms with Crippen molar-refractivity contribution in [2.45, 2.75) is 39.4 Å². The van der Waals surface area contributed by atoms with Crippen LogP contribution in [-0.2, 0) is 16.1 Å². The molecule has 2 atom stereocenters. The van der Waals surface area contributed by atoms with Crippen LogP contribution >= 0.6 is 0 Å². The number of fused-ring (bicyclic) bond motifs is 1. The van der Waals surface area contributed by atoms with Gasteiger partial charge >= 0.3 is 0 Å². The molecule has 180 valence electrons. The highest BCUT2D eigenvalue weighted by molar-refractivity contribution is 5.88. The van der Waals surface area contributed by atoms with Crippen LogP contribution in [-0.4, -0.2) is 23.3 Å². The van der Waals surface area contributed by atoms with Gasteiger partial charge in [-0.1, -0.05) is 60.7 Å². The molecule has 2 N–H and O–H groups in total. The highest BCUT2D eigenvalue weighted by Gasteiger charge is 2.22. The lowest BCUT2D eigenvalue weighted by Gasteiger charge is -2.29. The Labute approximate surface area is 205 Å². The normalized spacial score (nSPS) is 12.9. The van der Waals surface area contributed by atoms with Crippen molar-refractivity contribution in [3.8, 4) is 0 Å². The van der Waals surface area contributed by atoms with E-state index >= 15 is 0 Å². The van der Waals surface area contributed by atoms with Gasteiger partial charge in [-0.3, -0.25) is 14.5 Å². The zero-order chi connectivity index (χ0) is 24.8. The lowest BCUT2D eigenvalue weighted by Crippen LogP contribution is -2.39. The van der Waals surface area contributed by atoms with Crippen molar-refractivity contribution < 1.29 is 14.0 Å². The fourth-order valence-corrected chi connectivity index (χ4v) is 4.20. The predicted octanol–water partition coefficient (Wildman–Crippen LogP) is 5.83. The summed E-state index contributed by atoms with van der Waals surface area (Å²) in [6, 6.07) is 27.3. The number of carbonyl (C=O) groups is 2. The van der Waals surface area contributed by atoms with Crippen LogP contribution in [0.1, 0.15) is 49.7 Å². The van der Waals surface area contributed by atoms with Crippen molar-refractivity contribution >= 4 is 28.5 Å². The number of amides is 2. The molecule has 6 nitrogen and oxygen atoms in total. The van der Waals surface area contributed by atoms with Gasteiger partial charge in [0.15, 0.2) is 0 Å². The second-order valence-corrected chi connectivity index (χ2v) is 8.85. The zero-order valence-corrected chi connectivity index (χ0v) is 20.3. The van der Waals surface area contributed by atoms with Crippen LogP contribution in [0.2, 0.25) is 0 Å². The molecular formula is C29H31N3O3. The van der Waals surface area contributed by atoms with Gasteiger partial charge in [-0.25, -0.2) is 0 Å². The van der Waals surface area contributed by atoms with Crippen LogP contribution in [0.15, 0.2) is 89.3 Å². The lowest BCUT2D eigenvalue weighted by molar-refractivity contribution is -0.123. The molecule has 0 spiro atoms. The number of anilines is 1. The number of nitrogens with zero attached hydrogens (tertiary/aromatic N) is 1. The third-order valence-corrected chi connectivity index (χ3v) is 6.06. The Hall–Kier alpha value is -3.90. The number of rotatable bonds is 9. The van der Waals surface area contributed by atoms with E-state index in [-0.39, 0.29) is 30.4 Å². The number of furan rings is 1. The number of hydrogen-bond acceptors (Lipinski definition) is 4. The maximum absolute atomic E-state index is 13.1. The summed E-state index contributed by atoms with van der Waals surface area (Å²) in [5, 5.41) is 6.94. The minimum Gasteiger partial charge on any atom is -0.459 e. The molecule has 3 aromatic carbocycles. The van der Waals surface area contributed by atoms with Crippen molar-refractivity contribution in [2.24, 2.45) is 0 Å². The zero-order valence-electron chi connectivity index (χ0n) is 20.3. The average molecular weight is 470 g/mol. The summed E-state index contributed by atoms with van der Waals surface area (Å²) in [6.07, 6.45) is 0. The van der Waals surface area contributed by atoms with E-state index < -0.39 is 0 Å². The third kappa shape index (κ3) is 6.37. The largest absolute Gasteiger partial charge is 0.459 e. The SMILES string of the molecule is CC(=O)Nc1cccc([C@H](C)N(CC(=O)N[C@@H](C)c2cc3ccccc3o2)Cc2ccccc2)c1. The average Bonchev–Trinajstić information content (AvgIpc) is 3.28. The Bertz CT molecular complexity index is 1270. The van der Waals surface area contributed by atoms with Crippen molar-refractivity contribution in [3.05, 3.63) is 102 Å². The molecule has 0 aliphatic rings. The van der Waals surface area contributed by atoms with E-state index in [2.05, 4.69) is 34.6 Å². The van der Waals surface area contributed by atoms with Gasteiger partial charge in [-0.05, 0) is 49.2 Å². The first-order valence-electron chi connectivity index (χ1n) is 11.8. The molecule has 4 rings (SSSR count). The van der Waals surface area contributed by atoms with Gasteiger partial charge in [-0.2, -0.15) is 0 Å². The Morgan fingerprint density at radius 2 is 1.66 bits per heavy atom. The summed E-state index contributed by atoms with van der Waals surface area (Å²) in [4.78, 5) is 26.8. The Morgan fingerprint density at radius 1 is 0.914 bits per heavy atom. The van der Waals surface area contributed by atoms with Gasteiger partial charge in [0, 0.05) is 30.6 Å². The Kier molecular flexibility index (Phi) is 7.63. The van der Waals surface area contributed by atoms with E-state index in [0.717, 1.165) is 33.5 Å². The molecule has 0 saturated heterocycles. The smallest absolute Gasteiger partial charge is 0.234 e. The van der Waals surface area contributed by atoms with E-state index in [1.54, 1.807) is 0 Å². The first-order valence-corrected chi connectivity index (χ1v) is 11.8. The minimum atomic E-state index is -0.258. The number of nitrogens with one attached hydrogen (secondary N) is 2. The van der Waals surface area contributed by atoms with E-state index in [9.17, 15) is 9.59 Å². The summed E-state index contributed by atoms with van der Waals surface area (Å²) < 4.78 is 5.93. The predicted molar refractivity (Wildman–Crippen MR) is 139 cm³/mol. The minimum absolute atomic E-state index is 0.0591. The van der Waals surface area contributed by atoms with Crippen LogP contribution < -0.4 is 10.6 Å². The Balaban J connectivity index is 1.50. The topological polar surface area (TPSA) is 74.6 Å². The van der Waals surface area contributed by atoms with Crippen LogP contribution in [0.5, 0.6) is 0 Å². The second kappa shape index (κ2) is 11.0. The number of carbonyl (C=O) groups excluding carboxylic acids is 2. The van der Waals surface area contributed by atoms with Crippen molar-refractivity contribution in [1.29, 1.82) is 0 Å². The van der Waals surface area contributed by atoms with E-state index in [1.165, 1.54) is 6.92 Å². The molecule has 1 aromatic heterocycles. The van der Waals surface area contributed by atoms with E-state index in [0.29, 0.717) is 6.54 Å². The quantitative estimate of drug-likeness (QED) is 0.323. The molecule has 0 unspecified atom stereocenters. The van der Waals surface area contributed by atoms with Crippen molar-refractivity contribution in [1.82, 2.24) is 10.2 Å². The Morgan fingerprint density at radius 3 is 2.40 bits per heavy atom. The summed E-state index contributed by atoms with van der Waals surface area (Å²) in [7, 11) is 0. The summed E-state index contributed by atoms with van der Waals surface area (Å²) in [5.74, 6) is 0.527. The van der Waals surface area contributed by atoms with Crippen molar-refractivity contribution in [2.75, 3.05) is 11.9 Å². The molecule has 1 heterocycles. The molecule has 0 aliphatic heterocycles. The summed E-state index contributed by atoms with van der Waals surface area (Å²) >= 11 is 0. The van der Waals surface area contributed by atoms with Gasteiger partial charge < -0.3 is 15.1 Å². The van der Waals surface area contributed by atoms with E-state index in [1.807, 2.05) is 79.7 Å². The van der Waals surface area contributed by atoms with Crippen molar-refractivity contribution in [3.63, 3.8) is 0 Å². The second-order valence-electron chi connectivity index (χ2n) is 8.85. The maximum Gasteiger partial charge on any atom is 0.234 e. The number of benzene rings is 3. The monoisotopic (exact) mass is 469 g/mol. The standard InChI is InChI=1S/C29H31N3O3/c1-20(28-17-25-12-7-8-15-27(25)35-28)30-29(34)19-32(18-23-10-5-4-6-11-23)21(2)24-13-9-14-26(16-24)31-22(3)33/h4-17,20-21H,18-19H2,1-3H3,(H,30,34)(H,31,33)/t20-,21-/m0/s1. The van der Waals surface area contributed by atoms with Crippen LogP contribution in [0.4, 0.5) is 5.69 Å². The van der Waals surface area contributed by atoms with Gasteiger partial charge in [0.05, 0.1) is 12.6 Å². The molecule has 0 bridgehead atoms. The summed E-state index contributed by atoms with van der Waals surface area (Å²) in [5.41, 5.74) is 3.69. The molecule has 2 amide bonds. The molecule has 4 aromatic rings. The highest BCUT2D eigenvalue weighted by atomic mass is 16.3. The number of para-hydroxylation sites is 1. The molecule has 0 fully saturated rings. The first kappa shape index (κ1) is 24.2. The maximum atomic E-state index is 13.1. The first-order chi connectivity index (χ1) is 16.9. The summed E-state index contributed by atoms with van der Waals surface area (Å²) in [6.45, 7) is 6.32. The fourth-order valence-electron chi connectivity index (χ4n) is 4.20. The molecule has 6 heteroatoms. The fraction of sp³-hybridized carbons (Fsp3) is 0.241. The third-order valence-electron chi connectivity index (χ3n) is 6.06. The van der Waals surface area contributed by atoms with Gasteiger partial charge in [-0.15, -0.1) is 0 Å². The molecule has 0 aliphatic carbocycles. The van der Waals surface area contributed by atoms with Gasteiger partial charge in [0.1, 0.15) is 11.3 Å². The lowest BCUT2D eigenvalue weighted by atomic mass is 10.0. The van der Waals surface area contributed by atoms with Gasteiger partial charge in [0.2, 0.25) is 11.8 Å². The van der Waals surface area contributed by atoms with Crippen LogP contribution in [0.3, 0.4) is 0 Å². The molecule has 0 saturated carbocycles. The highest BCUT2D eigenvalue weighted by Crippen LogP contribution is 2.26. The molecule has 35 heavy (non-hydrogen) atoms. The van der Waals surface area contributed by atoms with Crippen LogP contribution in [0.25, 0.3) is 11.0 Å².